The molecule has 13 heteroatoms. The van der Waals surface area contributed by atoms with E-state index in [1.807, 2.05) is 43.3 Å². The van der Waals surface area contributed by atoms with Gasteiger partial charge in [-0.25, -0.2) is 19.4 Å². The van der Waals surface area contributed by atoms with Crippen molar-refractivity contribution in [1.29, 1.82) is 0 Å². The van der Waals surface area contributed by atoms with Crippen molar-refractivity contribution in [3.8, 4) is 17.2 Å². The number of aromatic nitrogens is 4. The monoisotopic (exact) mass is 605 g/mol. The van der Waals surface area contributed by atoms with Crippen molar-refractivity contribution in [1.82, 2.24) is 34.9 Å². The summed E-state index contributed by atoms with van der Waals surface area (Å²) in [5, 5.41) is 7.22. The lowest BCUT2D eigenvalue weighted by atomic mass is 10.1. The molecule has 1 N–H and O–H groups in total. The molecule has 3 aromatic rings. The zero-order valence-electron chi connectivity index (χ0n) is 25.8. The summed E-state index contributed by atoms with van der Waals surface area (Å²) >= 11 is 0. The number of nitrogens with one attached hydrogen (secondary N) is 1. The summed E-state index contributed by atoms with van der Waals surface area (Å²) in [5.74, 6) is -0.772. The van der Waals surface area contributed by atoms with Gasteiger partial charge in [-0.3, -0.25) is 14.4 Å². The minimum absolute atomic E-state index is 0.0133. The van der Waals surface area contributed by atoms with E-state index in [1.165, 1.54) is 11.0 Å². The molecule has 44 heavy (non-hydrogen) atoms. The summed E-state index contributed by atoms with van der Waals surface area (Å²) in [4.78, 5) is 64.4. The molecular formula is C31H39N7O6. The quantitative estimate of drug-likeness (QED) is 0.363. The van der Waals surface area contributed by atoms with Crippen LogP contribution in [0.2, 0.25) is 0 Å². The molecule has 0 radical (unpaired) electrons. The number of benzene rings is 1. The molecule has 1 aliphatic rings. The van der Waals surface area contributed by atoms with Crippen molar-refractivity contribution >= 4 is 23.9 Å². The molecule has 0 spiro atoms. The molecule has 1 fully saturated rings. The van der Waals surface area contributed by atoms with Crippen LogP contribution in [-0.4, -0.2) is 97.9 Å². The van der Waals surface area contributed by atoms with Gasteiger partial charge in [0.1, 0.15) is 17.3 Å². The maximum absolute atomic E-state index is 13.7. The summed E-state index contributed by atoms with van der Waals surface area (Å²) in [5.41, 5.74) is 0.805. The Labute approximate surface area is 256 Å². The van der Waals surface area contributed by atoms with Crippen LogP contribution in [0.4, 0.5) is 4.79 Å². The lowest BCUT2D eigenvalue weighted by Gasteiger charge is -2.36. The molecule has 13 nitrogen and oxygen atoms in total. The second kappa shape index (κ2) is 14.1. The third-order valence-electron chi connectivity index (χ3n) is 6.71. The molecular weight excluding hydrogens is 566 g/mol. The molecule has 3 heterocycles. The highest BCUT2D eigenvalue weighted by molar-refractivity contribution is 5.97. The van der Waals surface area contributed by atoms with Gasteiger partial charge in [-0.05, 0) is 47.1 Å². The third kappa shape index (κ3) is 8.62. The Kier molecular flexibility index (Phi) is 10.3. The fourth-order valence-corrected chi connectivity index (χ4v) is 4.62. The Morgan fingerprint density at radius 1 is 0.977 bits per heavy atom. The molecule has 234 valence electrons. The average Bonchev–Trinajstić information content (AvgIpc) is 3.44. The fraction of sp³-hybridized carbons (Fsp3) is 0.452. The Morgan fingerprint density at radius 2 is 1.66 bits per heavy atom. The summed E-state index contributed by atoms with van der Waals surface area (Å²) in [6.45, 7) is 10.2. The van der Waals surface area contributed by atoms with Gasteiger partial charge >= 0.3 is 12.1 Å². The Bertz CT molecular complexity index is 1480. The van der Waals surface area contributed by atoms with Crippen molar-refractivity contribution in [2.45, 2.75) is 59.1 Å². The van der Waals surface area contributed by atoms with Crippen molar-refractivity contribution in [3.05, 3.63) is 60.0 Å². The second-order valence-corrected chi connectivity index (χ2v) is 11.4. The normalized spacial score (nSPS) is 14.1. The van der Waals surface area contributed by atoms with Crippen molar-refractivity contribution < 1.29 is 28.7 Å². The van der Waals surface area contributed by atoms with Crippen molar-refractivity contribution in [2.75, 3.05) is 32.8 Å². The first-order valence-corrected chi connectivity index (χ1v) is 14.6. The number of hydrogen-bond acceptors (Lipinski definition) is 9. The van der Waals surface area contributed by atoms with Crippen LogP contribution >= 0.6 is 0 Å². The predicted molar refractivity (Wildman–Crippen MR) is 161 cm³/mol. The molecule has 0 aliphatic carbocycles. The van der Waals surface area contributed by atoms with E-state index < -0.39 is 29.6 Å². The number of rotatable bonds is 9. The zero-order valence-corrected chi connectivity index (χ0v) is 25.8. The topological polar surface area (TPSA) is 149 Å². The van der Waals surface area contributed by atoms with Crippen molar-refractivity contribution in [3.63, 3.8) is 0 Å². The Balaban J connectivity index is 1.58. The van der Waals surface area contributed by atoms with Crippen LogP contribution in [0.25, 0.3) is 17.2 Å². The fourth-order valence-electron chi connectivity index (χ4n) is 4.62. The highest BCUT2D eigenvalue weighted by Gasteiger charge is 2.32. The number of piperazine rings is 1. The van der Waals surface area contributed by atoms with Crippen molar-refractivity contribution in [2.24, 2.45) is 0 Å². The van der Waals surface area contributed by atoms with E-state index in [4.69, 9.17) is 9.47 Å². The molecule has 1 aromatic carbocycles. The van der Waals surface area contributed by atoms with Crippen LogP contribution in [-0.2, 0) is 19.1 Å². The van der Waals surface area contributed by atoms with Gasteiger partial charge in [-0.2, -0.15) is 5.10 Å². The van der Waals surface area contributed by atoms with Gasteiger partial charge in [-0.1, -0.05) is 30.3 Å². The van der Waals surface area contributed by atoms with E-state index in [2.05, 4.69) is 20.4 Å². The maximum atomic E-state index is 13.7. The summed E-state index contributed by atoms with van der Waals surface area (Å²) in [6.07, 6.45) is 1.22. The summed E-state index contributed by atoms with van der Waals surface area (Å²) in [6, 6.07) is 11.5. The van der Waals surface area contributed by atoms with Gasteiger partial charge in [0.25, 0.3) is 5.91 Å². The highest BCUT2D eigenvalue weighted by atomic mass is 16.6. The SMILES string of the molecule is CCOC(=O)N1CCN(C(=O)C(CCC(=O)OC(C)(C)C)NC(=O)c2cc(-n3ccc(C)n3)nc(-c3ccccc3)n2)CC1. The number of carbonyl (C=O) groups is 4. The number of ether oxygens (including phenoxy) is 2. The average molecular weight is 606 g/mol. The molecule has 1 atom stereocenters. The van der Waals surface area contributed by atoms with E-state index in [0.29, 0.717) is 17.2 Å². The largest absolute Gasteiger partial charge is 0.460 e. The number of esters is 1. The van der Waals surface area contributed by atoms with Crippen LogP contribution in [0.3, 0.4) is 0 Å². The molecule has 1 aliphatic heterocycles. The number of amides is 3. The van der Waals surface area contributed by atoms with Crippen LogP contribution in [0.1, 0.15) is 56.7 Å². The molecule has 4 rings (SSSR count). The first-order valence-electron chi connectivity index (χ1n) is 14.6. The van der Waals surface area contributed by atoms with Gasteiger partial charge in [-0.15, -0.1) is 0 Å². The Morgan fingerprint density at radius 3 is 2.27 bits per heavy atom. The summed E-state index contributed by atoms with van der Waals surface area (Å²) in [7, 11) is 0. The van der Waals surface area contributed by atoms with Crippen LogP contribution in [0, 0.1) is 6.92 Å². The Hall–Kier alpha value is -4.81. The maximum Gasteiger partial charge on any atom is 0.409 e. The molecule has 1 unspecified atom stereocenters. The van der Waals surface area contributed by atoms with Crippen LogP contribution < -0.4 is 5.32 Å². The van der Waals surface area contributed by atoms with Crippen LogP contribution in [0.15, 0.2) is 48.7 Å². The predicted octanol–water partition coefficient (Wildman–Crippen LogP) is 3.16. The van der Waals surface area contributed by atoms with E-state index in [9.17, 15) is 19.2 Å². The minimum Gasteiger partial charge on any atom is -0.460 e. The molecule has 2 aromatic heterocycles. The van der Waals surface area contributed by atoms with Gasteiger partial charge in [0.2, 0.25) is 5.91 Å². The molecule has 0 bridgehead atoms. The molecule has 0 saturated carbocycles. The smallest absolute Gasteiger partial charge is 0.409 e. The standard InChI is InChI=1S/C31H39N7O6/c1-6-43-30(42)37-18-16-36(17-19-37)29(41)23(12-13-26(39)44-31(3,4)5)33-28(40)24-20-25(38-15-14-21(2)35-38)34-27(32-24)22-10-8-7-9-11-22/h7-11,14-15,20,23H,6,12-13,16-19H2,1-5H3,(H,33,40). The van der Waals surface area contributed by atoms with Crippen LogP contribution in [0.5, 0.6) is 0 Å². The van der Waals surface area contributed by atoms with E-state index in [0.717, 1.165) is 5.69 Å². The lowest BCUT2D eigenvalue weighted by Crippen LogP contribution is -2.56. The summed E-state index contributed by atoms with van der Waals surface area (Å²) < 4.78 is 12.1. The van der Waals surface area contributed by atoms with E-state index in [-0.39, 0.29) is 57.2 Å². The zero-order chi connectivity index (χ0) is 31.9. The van der Waals surface area contributed by atoms with Gasteiger partial charge in [0.05, 0.1) is 12.3 Å². The number of carbonyl (C=O) groups excluding carboxylic acids is 4. The van der Waals surface area contributed by atoms with Gasteiger partial charge < -0.3 is 24.6 Å². The second-order valence-electron chi connectivity index (χ2n) is 11.4. The number of hydrogen-bond donors (Lipinski definition) is 1. The number of nitrogens with zero attached hydrogens (tertiary/aromatic N) is 6. The first-order chi connectivity index (χ1) is 20.9. The minimum atomic E-state index is -1.05. The number of aryl methyl sites for hydroxylation is 1. The molecule has 3 amide bonds. The van der Waals surface area contributed by atoms with E-state index >= 15 is 0 Å². The third-order valence-corrected chi connectivity index (χ3v) is 6.71. The molecule has 1 saturated heterocycles. The van der Waals surface area contributed by atoms with Gasteiger partial charge in [0, 0.05) is 50.4 Å². The lowest BCUT2D eigenvalue weighted by molar-refractivity contribution is -0.155. The van der Waals surface area contributed by atoms with E-state index in [1.54, 1.807) is 43.5 Å². The first kappa shape index (κ1) is 32.1. The highest BCUT2D eigenvalue weighted by Crippen LogP contribution is 2.19. The van der Waals surface area contributed by atoms with Gasteiger partial charge in [0.15, 0.2) is 11.6 Å².